The Bertz CT molecular complexity index is 870. The number of esters is 1. The second-order valence-corrected chi connectivity index (χ2v) is 6.51. The van der Waals surface area contributed by atoms with Crippen LogP contribution < -0.4 is 15.4 Å². The average molecular weight is 384 g/mol. The van der Waals surface area contributed by atoms with Gasteiger partial charge in [-0.3, -0.25) is 4.79 Å². The highest BCUT2D eigenvalue weighted by Gasteiger charge is 2.38. The maximum Gasteiger partial charge on any atom is 0.317 e. The van der Waals surface area contributed by atoms with Gasteiger partial charge in [0.15, 0.2) is 16.6 Å². The third-order valence-electron chi connectivity index (χ3n) is 4.31. The van der Waals surface area contributed by atoms with E-state index in [0.717, 1.165) is 11.1 Å². The van der Waals surface area contributed by atoms with Crippen molar-refractivity contribution in [1.29, 1.82) is 0 Å². The summed E-state index contributed by atoms with van der Waals surface area (Å²) in [5.74, 6) is -0.807. The van der Waals surface area contributed by atoms with Crippen molar-refractivity contribution in [3.05, 3.63) is 71.9 Å². The van der Waals surface area contributed by atoms with Gasteiger partial charge in [-0.05, 0) is 35.5 Å². The molecule has 0 spiro atoms. The monoisotopic (exact) mass is 384 g/mol. The van der Waals surface area contributed by atoms with E-state index in [0.29, 0.717) is 16.6 Å². The van der Waals surface area contributed by atoms with Crippen molar-refractivity contribution in [2.24, 2.45) is 5.92 Å². The molecule has 1 saturated heterocycles. The molecule has 0 unspecified atom stereocenters. The zero-order valence-electron chi connectivity index (χ0n) is 14.8. The van der Waals surface area contributed by atoms with Gasteiger partial charge in [0.05, 0.1) is 13.2 Å². The molecule has 0 amide bonds. The van der Waals surface area contributed by atoms with Gasteiger partial charge < -0.3 is 25.2 Å². The molecule has 7 heteroatoms. The summed E-state index contributed by atoms with van der Waals surface area (Å²) in [7, 11) is 1.46. The van der Waals surface area contributed by atoms with E-state index in [1.807, 2.05) is 30.3 Å². The first-order chi connectivity index (χ1) is 13.0. The molecule has 1 heterocycles. The van der Waals surface area contributed by atoms with E-state index in [9.17, 15) is 9.90 Å². The Hall–Kier alpha value is -3.06. The predicted octanol–water partition coefficient (Wildman–Crippen LogP) is 2.79. The van der Waals surface area contributed by atoms with E-state index >= 15 is 0 Å². The Kier molecular flexibility index (Phi) is 5.61. The van der Waals surface area contributed by atoms with Crippen LogP contribution in [0.2, 0.25) is 0 Å². The first-order valence-electron chi connectivity index (χ1n) is 8.33. The fourth-order valence-corrected chi connectivity index (χ4v) is 3.20. The van der Waals surface area contributed by atoms with Crippen LogP contribution in [-0.4, -0.2) is 23.3 Å². The van der Waals surface area contributed by atoms with Crippen LogP contribution in [0.4, 0.5) is 0 Å². The van der Waals surface area contributed by atoms with Crippen molar-refractivity contribution < 1.29 is 19.4 Å². The summed E-state index contributed by atoms with van der Waals surface area (Å²) in [6.07, 6.45) is 0. The topological polar surface area (TPSA) is 79.8 Å². The number of hydrogen-bond donors (Lipinski definition) is 3. The van der Waals surface area contributed by atoms with Gasteiger partial charge in [-0.15, -0.1) is 0 Å². The van der Waals surface area contributed by atoms with Crippen LogP contribution in [-0.2, 0) is 16.1 Å². The number of phenols is 1. The molecule has 2 atom stereocenters. The molecule has 3 rings (SSSR count). The zero-order valence-corrected chi connectivity index (χ0v) is 15.6. The van der Waals surface area contributed by atoms with Crippen molar-refractivity contribution in [3.63, 3.8) is 0 Å². The molecule has 140 valence electrons. The minimum Gasteiger partial charge on any atom is -0.504 e. The van der Waals surface area contributed by atoms with Gasteiger partial charge in [-0.25, -0.2) is 0 Å². The van der Waals surface area contributed by atoms with Gasteiger partial charge in [-0.1, -0.05) is 43.0 Å². The summed E-state index contributed by atoms with van der Waals surface area (Å²) >= 11 is 5.21. The summed E-state index contributed by atoms with van der Waals surface area (Å²) in [6, 6.07) is 13.8. The van der Waals surface area contributed by atoms with Gasteiger partial charge in [0.2, 0.25) is 0 Å². The van der Waals surface area contributed by atoms with Crippen molar-refractivity contribution in [2.75, 3.05) is 7.11 Å². The lowest BCUT2D eigenvalue weighted by Crippen LogP contribution is -2.50. The van der Waals surface area contributed by atoms with Crippen LogP contribution >= 0.6 is 12.2 Å². The molecule has 1 fully saturated rings. The summed E-state index contributed by atoms with van der Waals surface area (Å²) < 4.78 is 10.7. The first-order valence-corrected chi connectivity index (χ1v) is 8.74. The molecule has 6 nitrogen and oxygen atoms in total. The van der Waals surface area contributed by atoms with Crippen molar-refractivity contribution in [2.45, 2.75) is 12.6 Å². The SMILES string of the molecule is C=C1NC(=S)N[C@H](c2ccc(O)c(OC)c2)[C@@H]1C(=O)OCc1ccccc1. The molecular formula is C20H20N2O4S. The number of nitrogens with one attached hydrogen (secondary N) is 2. The number of methoxy groups -OCH3 is 1. The number of ether oxygens (including phenoxy) is 2. The predicted molar refractivity (Wildman–Crippen MR) is 105 cm³/mol. The van der Waals surface area contributed by atoms with Gasteiger partial charge >= 0.3 is 5.97 Å². The Labute approximate surface area is 162 Å². The van der Waals surface area contributed by atoms with Gasteiger partial charge in [-0.2, -0.15) is 0 Å². The highest BCUT2D eigenvalue weighted by atomic mass is 32.1. The van der Waals surface area contributed by atoms with E-state index in [2.05, 4.69) is 17.2 Å². The van der Waals surface area contributed by atoms with E-state index in [-0.39, 0.29) is 12.4 Å². The van der Waals surface area contributed by atoms with E-state index in [1.54, 1.807) is 12.1 Å². The second-order valence-electron chi connectivity index (χ2n) is 6.10. The molecule has 0 radical (unpaired) electrons. The molecule has 0 saturated carbocycles. The number of rotatable bonds is 5. The Morgan fingerprint density at radius 1 is 1.26 bits per heavy atom. The summed E-state index contributed by atoms with van der Waals surface area (Å²) in [5, 5.41) is 16.2. The van der Waals surface area contributed by atoms with Gasteiger partial charge in [0.25, 0.3) is 0 Å². The second kappa shape index (κ2) is 8.09. The van der Waals surface area contributed by atoms with Crippen LogP contribution in [0, 0.1) is 5.92 Å². The average Bonchev–Trinajstić information content (AvgIpc) is 2.66. The van der Waals surface area contributed by atoms with Crippen LogP contribution in [0.15, 0.2) is 60.8 Å². The third kappa shape index (κ3) is 4.20. The summed E-state index contributed by atoms with van der Waals surface area (Å²) in [4.78, 5) is 12.8. The van der Waals surface area contributed by atoms with Crippen LogP contribution in [0.25, 0.3) is 0 Å². The molecule has 1 aliphatic rings. The fourth-order valence-electron chi connectivity index (χ4n) is 2.95. The zero-order chi connectivity index (χ0) is 19.4. The number of carbonyl (C=O) groups excluding carboxylic acids is 1. The van der Waals surface area contributed by atoms with Crippen LogP contribution in [0.1, 0.15) is 17.2 Å². The van der Waals surface area contributed by atoms with E-state index < -0.39 is 17.9 Å². The Morgan fingerprint density at radius 2 is 2.00 bits per heavy atom. The standard InChI is InChI=1S/C20H20N2O4S/c1-12-17(19(24)26-11-13-6-4-3-5-7-13)18(22-20(27)21-12)14-8-9-15(23)16(10-14)25-2/h3-10,17-18,23H,1,11H2,2H3,(H2,21,22,27)/t17-,18-/m1/s1. The summed E-state index contributed by atoms with van der Waals surface area (Å²) in [6.45, 7) is 4.10. The van der Waals surface area contributed by atoms with Gasteiger partial charge in [0, 0.05) is 5.70 Å². The molecule has 0 aliphatic carbocycles. The largest absolute Gasteiger partial charge is 0.504 e. The van der Waals surface area contributed by atoms with Gasteiger partial charge in [0.1, 0.15) is 12.5 Å². The lowest BCUT2D eigenvalue weighted by atomic mass is 9.89. The number of aromatic hydroxyl groups is 1. The van der Waals surface area contributed by atoms with E-state index in [1.165, 1.54) is 13.2 Å². The van der Waals surface area contributed by atoms with Crippen LogP contribution in [0.3, 0.4) is 0 Å². The number of carbonyl (C=O) groups is 1. The number of phenolic OH excluding ortho intramolecular Hbond substituents is 1. The van der Waals surface area contributed by atoms with Crippen molar-refractivity contribution in [1.82, 2.24) is 10.6 Å². The minimum absolute atomic E-state index is 0.0137. The van der Waals surface area contributed by atoms with E-state index in [4.69, 9.17) is 21.7 Å². The first kappa shape index (κ1) is 18.7. The Morgan fingerprint density at radius 3 is 2.70 bits per heavy atom. The molecule has 2 aromatic carbocycles. The van der Waals surface area contributed by atoms with Crippen molar-refractivity contribution >= 4 is 23.3 Å². The quantitative estimate of drug-likeness (QED) is 0.540. The smallest absolute Gasteiger partial charge is 0.317 e. The molecule has 0 bridgehead atoms. The number of thiocarbonyl (C=S) groups is 1. The lowest BCUT2D eigenvalue weighted by Gasteiger charge is -2.35. The normalized spacial score (nSPS) is 19.0. The number of benzene rings is 2. The molecule has 2 aromatic rings. The lowest BCUT2D eigenvalue weighted by molar-refractivity contribution is -0.149. The Balaban J connectivity index is 1.84. The maximum absolute atomic E-state index is 12.8. The van der Waals surface area contributed by atoms with Crippen molar-refractivity contribution in [3.8, 4) is 11.5 Å². The third-order valence-corrected chi connectivity index (χ3v) is 4.53. The summed E-state index contributed by atoms with van der Waals surface area (Å²) in [5.41, 5.74) is 2.07. The molecular weight excluding hydrogens is 364 g/mol. The maximum atomic E-state index is 12.8. The van der Waals surface area contributed by atoms with Crippen LogP contribution in [0.5, 0.6) is 11.5 Å². The highest BCUT2D eigenvalue weighted by molar-refractivity contribution is 7.80. The highest BCUT2D eigenvalue weighted by Crippen LogP contribution is 2.35. The molecule has 0 aromatic heterocycles. The number of hydrogen-bond acceptors (Lipinski definition) is 5. The fraction of sp³-hybridized carbons (Fsp3) is 0.200. The minimum atomic E-state index is -0.699. The molecule has 1 aliphatic heterocycles. The molecule has 27 heavy (non-hydrogen) atoms. The molecule has 3 N–H and O–H groups in total.